The first-order valence-corrected chi connectivity index (χ1v) is 34.9. The molecule has 2 heterocycles. The van der Waals surface area contributed by atoms with Crippen LogP contribution in [0.5, 0.6) is 0 Å². The Kier molecular flexibility index (Phi) is 53.4. The summed E-state index contributed by atoms with van der Waals surface area (Å²) >= 11 is 0. The normalized spacial score (nSPS) is 11.6. The van der Waals surface area contributed by atoms with Gasteiger partial charge in [0.1, 0.15) is 51.3 Å². The fraction of sp³-hybridized carbons (Fsp3) is 0.750. The van der Waals surface area contributed by atoms with Crippen LogP contribution in [0.25, 0.3) is 0 Å². The number of nitrogens with two attached hydrogens (primary N) is 4. The van der Waals surface area contributed by atoms with Crippen LogP contribution in [0.4, 0.5) is 33.6 Å². The number of nitrogens with one attached hydrogen (secondary N) is 3. The van der Waals surface area contributed by atoms with Crippen LogP contribution in [0.2, 0.25) is 0 Å². The quantitative estimate of drug-likeness (QED) is 0.0155. The summed E-state index contributed by atoms with van der Waals surface area (Å²) in [6.07, 6.45) is 11.7. The number of amides is 7. The molecule has 0 aliphatic heterocycles. The summed E-state index contributed by atoms with van der Waals surface area (Å²) in [5.74, 6) is 0. The molecule has 0 aliphatic carbocycles. The van der Waals surface area contributed by atoms with Gasteiger partial charge >= 0.3 is 76.8 Å². The minimum absolute atomic E-state index is 0.0324. The zero-order valence-electron chi connectivity index (χ0n) is 60.3. The van der Waals surface area contributed by atoms with E-state index in [1.54, 1.807) is 27.0 Å². The highest BCUT2D eigenvalue weighted by molar-refractivity contribution is 5.68. The SMILES string of the molecule is CC(COC(N)=O)OC(=O)NCCCCCCn1c(=O)n(CCCCCCNC(=O)OC(C)COC(N)=O)c(=O)n(CCCCCCNC(=O)OC(C)COC(N)=O)c1=O.CC(O)COC(N)=O.N#COCCCCCCn1c(=O)n(CCCCCCN=C=O)c(=O)n(CCCCCCN=C=O)c1=O. The summed E-state index contributed by atoms with van der Waals surface area (Å²) < 4.78 is 44.4. The van der Waals surface area contributed by atoms with Gasteiger partial charge in [0, 0.05) is 58.9 Å². The number of aliphatic imine (C=N–C) groups is 2. The van der Waals surface area contributed by atoms with Crippen molar-refractivity contribution in [1.29, 1.82) is 5.26 Å². The lowest BCUT2D eigenvalue weighted by atomic mass is 10.2. The van der Waals surface area contributed by atoms with Crippen molar-refractivity contribution in [2.45, 2.75) is 245 Å². The van der Waals surface area contributed by atoms with E-state index in [1.165, 1.54) is 19.1 Å². The molecule has 7 amide bonds. The Bertz CT molecular complexity index is 3090. The number of alkyl carbamates (subject to hydrolysis) is 3. The summed E-state index contributed by atoms with van der Waals surface area (Å²) in [5, 5.41) is 24.7. The van der Waals surface area contributed by atoms with Crippen molar-refractivity contribution < 1.29 is 86.2 Å². The molecule has 0 aliphatic rings. The van der Waals surface area contributed by atoms with Gasteiger partial charge in [0.2, 0.25) is 12.2 Å². The van der Waals surface area contributed by atoms with E-state index in [-0.39, 0.29) is 65.7 Å². The van der Waals surface area contributed by atoms with Gasteiger partial charge < -0.3 is 81.9 Å². The number of hydrogen-bond donors (Lipinski definition) is 8. The third kappa shape index (κ3) is 47.0. The van der Waals surface area contributed by atoms with Crippen LogP contribution in [0, 0.1) is 11.5 Å². The third-order valence-corrected chi connectivity index (χ3v) is 14.7. The van der Waals surface area contributed by atoms with Gasteiger partial charge in [0.25, 0.3) is 6.26 Å². The van der Waals surface area contributed by atoms with E-state index in [0.717, 1.165) is 78.8 Å². The molecule has 0 bridgehead atoms. The molecule has 12 N–H and O–H groups in total. The molecule has 0 fully saturated rings. The first kappa shape index (κ1) is 93.7. The molecule has 0 aromatic carbocycles. The minimum atomic E-state index is -0.976. The Morgan fingerprint density at radius 2 is 0.615 bits per heavy atom. The number of hydrogen-bond acceptors (Lipinski definition) is 27. The van der Waals surface area contributed by atoms with Crippen molar-refractivity contribution in [1.82, 2.24) is 43.4 Å². The molecule has 588 valence electrons. The Labute approximate surface area is 601 Å². The van der Waals surface area contributed by atoms with Gasteiger partial charge in [0.05, 0.1) is 19.2 Å². The van der Waals surface area contributed by atoms with E-state index in [9.17, 15) is 71.9 Å². The van der Waals surface area contributed by atoms with Crippen LogP contribution in [0.1, 0.15) is 182 Å². The topological polar surface area (TPSA) is 568 Å². The predicted molar refractivity (Wildman–Crippen MR) is 372 cm³/mol. The highest BCUT2D eigenvalue weighted by atomic mass is 16.6. The molecule has 40 heteroatoms. The van der Waals surface area contributed by atoms with Crippen LogP contribution < -0.4 is 73.0 Å². The Morgan fingerprint density at radius 1 is 0.385 bits per heavy atom. The molecular weight excluding hydrogens is 1380 g/mol. The molecule has 0 saturated heterocycles. The lowest BCUT2D eigenvalue weighted by Gasteiger charge is -2.15. The molecule has 0 spiro atoms. The van der Waals surface area contributed by atoms with Crippen LogP contribution >= 0.6 is 0 Å². The fourth-order valence-electron chi connectivity index (χ4n) is 9.47. The number of primary amides is 4. The maximum atomic E-state index is 13.5. The van der Waals surface area contributed by atoms with Crippen LogP contribution in [0.15, 0.2) is 38.8 Å². The first-order chi connectivity index (χ1) is 49.7. The second-order valence-electron chi connectivity index (χ2n) is 23.8. The minimum Gasteiger partial charge on any atom is -0.447 e. The number of nitrogens with zero attached hydrogens (tertiary/aromatic N) is 9. The van der Waals surface area contributed by atoms with Gasteiger partial charge in [-0.1, -0.05) is 70.6 Å². The summed E-state index contributed by atoms with van der Waals surface area (Å²) in [6.45, 7) is 8.52. The van der Waals surface area contributed by atoms with Crippen molar-refractivity contribution in [3.05, 3.63) is 62.9 Å². The zero-order valence-corrected chi connectivity index (χ0v) is 60.3. The molecule has 2 rings (SSSR count). The van der Waals surface area contributed by atoms with Crippen LogP contribution in [0.3, 0.4) is 0 Å². The van der Waals surface area contributed by atoms with Gasteiger partial charge in [0.15, 0.2) is 0 Å². The molecule has 104 heavy (non-hydrogen) atoms. The van der Waals surface area contributed by atoms with Crippen molar-refractivity contribution in [3.63, 3.8) is 0 Å². The highest BCUT2D eigenvalue weighted by Crippen LogP contribution is 2.08. The largest absolute Gasteiger partial charge is 0.447 e. The average Bonchev–Trinajstić information content (AvgIpc) is 0.795. The van der Waals surface area contributed by atoms with E-state index >= 15 is 0 Å². The van der Waals surface area contributed by atoms with E-state index < -0.39 is 101 Å². The lowest BCUT2D eigenvalue weighted by molar-refractivity contribution is 0.0560. The molecule has 4 atom stereocenters. The molecule has 2 aromatic rings. The van der Waals surface area contributed by atoms with E-state index in [1.807, 2.05) is 0 Å². The van der Waals surface area contributed by atoms with E-state index in [4.69, 9.17) is 41.8 Å². The summed E-state index contributed by atoms with van der Waals surface area (Å²) in [7, 11) is 0. The van der Waals surface area contributed by atoms with Crippen LogP contribution in [-0.4, -0.2) is 177 Å². The van der Waals surface area contributed by atoms with E-state index in [2.05, 4.69) is 55.4 Å². The van der Waals surface area contributed by atoms with Gasteiger partial charge in [-0.25, -0.2) is 109 Å². The molecule has 2 aromatic heterocycles. The van der Waals surface area contributed by atoms with Crippen molar-refractivity contribution >= 4 is 54.8 Å². The lowest BCUT2D eigenvalue weighted by Crippen LogP contribution is -2.54. The maximum Gasteiger partial charge on any atom is 0.407 e. The molecule has 0 radical (unpaired) electrons. The highest BCUT2D eigenvalue weighted by Gasteiger charge is 2.19. The number of aliphatic hydroxyl groups is 1. The summed E-state index contributed by atoms with van der Waals surface area (Å²) in [6, 6.07) is 0. The Balaban J connectivity index is 0.00000202. The summed E-state index contributed by atoms with van der Waals surface area (Å²) in [5.41, 5.74) is 15.4. The number of unbranched alkanes of at least 4 members (excludes halogenated alkanes) is 18. The first-order valence-electron chi connectivity index (χ1n) is 34.9. The second kappa shape index (κ2) is 59.3. The van der Waals surface area contributed by atoms with Crippen molar-refractivity contribution in [2.24, 2.45) is 32.9 Å². The summed E-state index contributed by atoms with van der Waals surface area (Å²) in [4.78, 5) is 184. The number of aromatic nitrogens is 6. The number of nitriles is 1. The number of rotatable bonds is 53. The number of ether oxygens (including phenoxy) is 8. The zero-order chi connectivity index (χ0) is 77.9. The third-order valence-electron chi connectivity index (χ3n) is 14.7. The average molecular weight is 1490 g/mol. The molecule has 0 saturated carbocycles. The second-order valence-corrected chi connectivity index (χ2v) is 23.8. The van der Waals surface area contributed by atoms with Gasteiger partial charge in [-0.2, -0.15) is 5.26 Å². The number of isocyanates is 2. The number of aliphatic hydroxyl groups excluding tert-OH is 1. The maximum absolute atomic E-state index is 13.5. The van der Waals surface area contributed by atoms with E-state index in [0.29, 0.717) is 142 Å². The van der Waals surface area contributed by atoms with Gasteiger partial charge in [-0.3, -0.25) is 0 Å². The standard InChI is InChI=1S/C36H63N9O15.C24H36N6O6.C4H9NO3/c1-25(22-55-28(37)46)58-31(49)40-16-10-4-7-13-19-43-34(52)44(20-14-8-5-11-17-41-32(50)59-26(2)23-56-29(38)47)36(54)45(35(43)53)21-15-9-6-12-18-42-33(51)60-27(3)24-57-30(39)48;25-19-36-18-12-6-5-11-17-30-23(34)28(15-9-3-1-7-13-26-20-31)22(33)29(24(30)35)16-10-4-2-8-14-27-21-32;1-3(6)2-8-4(5)7/h25-27H,4-24H2,1-3H3,(H2,37,46)(H2,38,47)(H2,39,48)(H,40,49)(H,41,50)(H,42,51);1-18H2;3,6H,2H2,1H3,(H2,5,7). The van der Waals surface area contributed by atoms with Gasteiger partial charge in [-0.15, -0.1) is 0 Å². The Hall–Kier alpha value is -10.3. The number of carbonyl (C=O) groups is 7. The smallest absolute Gasteiger partial charge is 0.407 e. The Morgan fingerprint density at radius 3 is 0.837 bits per heavy atom. The molecule has 40 nitrogen and oxygen atoms in total. The fourth-order valence-corrected chi connectivity index (χ4v) is 9.47. The van der Waals surface area contributed by atoms with Crippen LogP contribution in [-0.2, 0) is 86.8 Å². The van der Waals surface area contributed by atoms with Gasteiger partial charge in [-0.05, 0) is 111 Å². The monoisotopic (exact) mass is 1480 g/mol. The molecular formula is C64H108N16O24. The van der Waals surface area contributed by atoms with Crippen molar-refractivity contribution in [2.75, 3.05) is 65.8 Å². The molecule has 4 unspecified atom stereocenters. The predicted octanol–water partition coefficient (Wildman–Crippen LogP) is 2.97. The van der Waals surface area contributed by atoms with Crippen molar-refractivity contribution in [3.8, 4) is 6.26 Å². The number of carbonyl (C=O) groups excluding carboxylic acids is 9.